The van der Waals surface area contributed by atoms with Crippen molar-refractivity contribution in [2.24, 2.45) is 11.7 Å². The third kappa shape index (κ3) is 2.70. The van der Waals surface area contributed by atoms with Crippen molar-refractivity contribution in [1.29, 1.82) is 0 Å². The quantitative estimate of drug-likeness (QED) is 0.877. The van der Waals surface area contributed by atoms with Gasteiger partial charge in [0.25, 0.3) is 0 Å². The standard InChI is InChI=1S/C16H22FN3/c1-11(8-9-18)2-7-16-19-14-10-12(17)3-6-15(14)20(16)13-4-5-13/h3,6,10-11,13H,2,4-5,7-9,18H2,1H3. The molecule has 3 nitrogen and oxygen atoms in total. The summed E-state index contributed by atoms with van der Waals surface area (Å²) in [5.74, 6) is 1.52. The molecular formula is C16H22FN3. The highest BCUT2D eigenvalue weighted by atomic mass is 19.1. The smallest absolute Gasteiger partial charge is 0.125 e. The number of hydrogen-bond acceptors (Lipinski definition) is 2. The van der Waals surface area contributed by atoms with Crippen LogP contribution in [0.3, 0.4) is 0 Å². The van der Waals surface area contributed by atoms with Crippen LogP contribution >= 0.6 is 0 Å². The van der Waals surface area contributed by atoms with Crippen LogP contribution in [0, 0.1) is 11.7 Å². The molecule has 2 aromatic rings. The van der Waals surface area contributed by atoms with E-state index in [4.69, 9.17) is 5.73 Å². The summed E-state index contributed by atoms with van der Waals surface area (Å²) >= 11 is 0. The first-order valence-electron chi connectivity index (χ1n) is 7.55. The van der Waals surface area contributed by atoms with Gasteiger partial charge in [0.15, 0.2) is 0 Å². The van der Waals surface area contributed by atoms with Crippen LogP contribution in [0.2, 0.25) is 0 Å². The van der Waals surface area contributed by atoms with Gasteiger partial charge in [-0.15, -0.1) is 0 Å². The molecule has 0 amide bonds. The van der Waals surface area contributed by atoms with E-state index in [-0.39, 0.29) is 5.82 Å². The molecule has 1 aromatic carbocycles. The minimum atomic E-state index is -0.207. The molecule has 108 valence electrons. The van der Waals surface area contributed by atoms with Crippen LogP contribution in [0.4, 0.5) is 4.39 Å². The third-order valence-corrected chi connectivity index (χ3v) is 4.16. The SMILES string of the molecule is CC(CCN)CCc1nc2cc(F)ccc2n1C1CC1. The zero-order valence-corrected chi connectivity index (χ0v) is 12.0. The average molecular weight is 275 g/mol. The van der Waals surface area contributed by atoms with Gasteiger partial charge in [0.1, 0.15) is 11.6 Å². The lowest BCUT2D eigenvalue weighted by Crippen LogP contribution is -2.08. The molecule has 1 fully saturated rings. The van der Waals surface area contributed by atoms with E-state index in [1.54, 1.807) is 6.07 Å². The first-order chi connectivity index (χ1) is 9.69. The Morgan fingerprint density at radius 2 is 2.20 bits per heavy atom. The Hall–Kier alpha value is -1.42. The molecule has 0 aliphatic heterocycles. The molecule has 1 unspecified atom stereocenters. The minimum Gasteiger partial charge on any atom is -0.330 e. The molecule has 4 heteroatoms. The van der Waals surface area contributed by atoms with Crippen LogP contribution in [0.1, 0.15) is 44.5 Å². The summed E-state index contributed by atoms with van der Waals surface area (Å²) in [6.45, 7) is 2.97. The molecule has 1 heterocycles. The largest absolute Gasteiger partial charge is 0.330 e. The first kappa shape index (κ1) is 13.6. The number of fused-ring (bicyclic) bond motifs is 1. The molecule has 1 saturated carbocycles. The van der Waals surface area contributed by atoms with Crippen LogP contribution in [0.15, 0.2) is 18.2 Å². The number of aromatic nitrogens is 2. The number of benzene rings is 1. The van der Waals surface area contributed by atoms with Crippen molar-refractivity contribution in [3.63, 3.8) is 0 Å². The molecule has 1 aromatic heterocycles. The molecule has 0 spiro atoms. The summed E-state index contributed by atoms with van der Waals surface area (Å²) in [4.78, 5) is 4.66. The highest BCUT2D eigenvalue weighted by molar-refractivity contribution is 5.76. The second kappa shape index (κ2) is 5.52. The van der Waals surface area contributed by atoms with Crippen molar-refractivity contribution in [1.82, 2.24) is 9.55 Å². The van der Waals surface area contributed by atoms with E-state index < -0.39 is 0 Å². The first-order valence-corrected chi connectivity index (χ1v) is 7.55. The van der Waals surface area contributed by atoms with Crippen molar-refractivity contribution in [2.45, 2.75) is 45.1 Å². The van der Waals surface area contributed by atoms with Gasteiger partial charge in [0.2, 0.25) is 0 Å². The number of hydrogen-bond donors (Lipinski definition) is 1. The van der Waals surface area contributed by atoms with Crippen molar-refractivity contribution in [3.05, 3.63) is 29.8 Å². The molecule has 1 aliphatic rings. The van der Waals surface area contributed by atoms with Gasteiger partial charge < -0.3 is 10.3 Å². The highest BCUT2D eigenvalue weighted by Crippen LogP contribution is 2.39. The Morgan fingerprint density at radius 3 is 2.90 bits per heavy atom. The summed E-state index contributed by atoms with van der Waals surface area (Å²) in [5.41, 5.74) is 7.47. The molecular weight excluding hydrogens is 253 g/mol. The molecule has 1 aliphatic carbocycles. The van der Waals surface area contributed by atoms with E-state index in [9.17, 15) is 4.39 Å². The van der Waals surface area contributed by atoms with Crippen molar-refractivity contribution < 1.29 is 4.39 Å². The van der Waals surface area contributed by atoms with Crippen LogP contribution in [-0.4, -0.2) is 16.1 Å². The molecule has 0 radical (unpaired) electrons. The van der Waals surface area contributed by atoms with E-state index >= 15 is 0 Å². The maximum atomic E-state index is 13.3. The number of nitrogens with zero attached hydrogens (tertiary/aromatic N) is 2. The van der Waals surface area contributed by atoms with Gasteiger partial charge in [-0.1, -0.05) is 6.92 Å². The molecule has 2 N–H and O–H groups in total. The zero-order valence-electron chi connectivity index (χ0n) is 12.0. The van der Waals surface area contributed by atoms with Crippen molar-refractivity contribution in [3.8, 4) is 0 Å². The van der Waals surface area contributed by atoms with Crippen LogP contribution in [-0.2, 0) is 6.42 Å². The van der Waals surface area contributed by atoms with Crippen molar-refractivity contribution >= 4 is 11.0 Å². The van der Waals surface area contributed by atoms with E-state index in [0.29, 0.717) is 12.0 Å². The fourth-order valence-corrected chi connectivity index (χ4v) is 2.84. The lowest BCUT2D eigenvalue weighted by Gasteiger charge is -2.11. The van der Waals surface area contributed by atoms with Crippen LogP contribution < -0.4 is 5.73 Å². The Bertz CT molecular complexity index is 601. The Balaban J connectivity index is 1.87. The predicted molar refractivity (Wildman–Crippen MR) is 79.1 cm³/mol. The van der Waals surface area contributed by atoms with E-state index in [1.807, 2.05) is 6.07 Å². The summed E-state index contributed by atoms with van der Waals surface area (Å²) < 4.78 is 15.7. The van der Waals surface area contributed by atoms with Gasteiger partial charge in [-0.25, -0.2) is 9.37 Å². The molecule has 1 atom stereocenters. The monoisotopic (exact) mass is 275 g/mol. The third-order valence-electron chi connectivity index (χ3n) is 4.16. The van der Waals surface area contributed by atoms with Gasteiger partial charge in [-0.3, -0.25) is 0 Å². The lowest BCUT2D eigenvalue weighted by atomic mass is 10.0. The number of halogens is 1. The van der Waals surface area contributed by atoms with Gasteiger partial charge >= 0.3 is 0 Å². The second-order valence-corrected chi connectivity index (χ2v) is 5.98. The normalized spacial score (nSPS) is 16.8. The zero-order chi connectivity index (χ0) is 14.1. The number of imidazole rings is 1. The van der Waals surface area contributed by atoms with Gasteiger partial charge in [0, 0.05) is 18.5 Å². The molecule has 0 bridgehead atoms. The molecule has 20 heavy (non-hydrogen) atoms. The fraction of sp³-hybridized carbons (Fsp3) is 0.562. The number of nitrogens with two attached hydrogens (primary N) is 1. The fourth-order valence-electron chi connectivity index (χ4n) is 2.84. The summed E-state index contributed by atoms with van der Waals surface area (Å²) in [6.07, 6.45) is 5.53. The average Bonchev–Trinajstić information content (AvgIpc) is 3.18. The maximum absolute atomic E-state index is 13.3. The van der Waals surface area contributed by atoms with Crippen LogP contribution in [0.5, 0.6) is 0 Å². The van der Waals surface area contributed by atoms with Crippen molar-refractivity contribution in [2.75, 3.05) is 6.54 Å². The van der Waals surface area contributed by atoms with E-state index in [1.165, 1.54) is 18.9 Å². The highest BCUT2D eigenvalue weighted by Gasteiger charge is 2.28. The Morgan fingerprint density at radius 1 is 1.40 bits per heavy atom. The number of rotatable bonds is 6. The Kier molecular flexibility index (Phi) is 3.74. The summed E-state index contributed by atoms with van der Waals surface area (Å²) in [5, 5.41) is 0. The van der Waals surface area contributed by atoms with Gasteiger partial charge in [0.05, 0.1) is 11.0 Å². The molecule has 0 saturated heterocycles. The maximum Gasteiger partial charge on any atom is 0.125 e. The van der Waals surface area contributed by atoms with Gasteiger partial charge in [-0.05, 0) is 50.3 Å². The van der Waals surface area contributed by atoms with E-state index in [2.05, 4.69) is 16.5 Å². The lowest BCUT2D eigenvalue weighted by molar-refractivity contribution is 0.487. The summed E-state index contributed by atoms with van der Waals surface area (Å²) in [7, 11) is 0. The topological polar surface area (TPSA) is 43.8 Å². The minimum absolute atomic E-state index is 0.207. The predicted octanol–water partition coefficient (Wildman–Crippen LogP) is 3.43. The molecule has 3 rings (SSSR count). The van der Waals surface area contributed by atoms with Gasteiger partial charge in [-0.2, -0.15) is 0 Å². The number of aryl methyl sites for hydroxylation is 1. The van der Waals surface area contributed by atoms with Crippen LogP contribution in [0.25, 0.3) is 11.0 Å². The Labute approximate surface area is 119 Å². The second-order valence-electron chi connectivity index (χ2n) is 5.98. The summed E-state index contributed by atoms with van der Waals surface area (Å²) in [6, 6.07) is 5.51. The van der Waals surface area contributed by atoms with E-state index in [0.717, 1.165) is 42.7 Å².